The van der Waals surface area contributed by atoms with E-state index in [-0.39, 0.29) is 70.8 Å². The molecule has 11 N–H and O–H groups in total. The Kier molecular flexibility index (Phi) is 32.7. The van der Waals surface area contributed by atoms with Gasteiger partial charge in [-0.25, -0.2) is 9.59 Å². The maximum Gasteiger partial charge on any atom is 0.410 e. The number of ether oxygens (including phenoxy) is 5. The molecule has 8 bridgehead atoms. The van der Waals surface area contributed by atoms with Gasteiger partial charge in [0.25, 0.3) is 0 Å². The summed E-state index contributed by atoms with van der Waals surface area (Å²) in [7, 11) is 2.89. The molecule has 2 fully saturated rings. The van der Waals surface area contributed by atoms with E-state index in [1.807, 2.05) is 95.4 Å². The first-order chi connectivity index (χ1) is 60.5. The van der Waals surface area contributed by atoms with E-state index < -0.39 is 160 Å². The van der Waals surface area contributed by atoms with Gasteiger partial charge >= 0.3 is 18.2 Å². The zero-order chi connectivity index (χ0) is 94.5. The fourth-order valence-electron chi connectivity index (χ4n) is 16.5. The molecule has 129 heavy (non-hydrogen) atoms. The van der Waals surface area contributed by atoms with Gasteiger partial charge in [0, 0.05) is 58.8 Å². The van der Waals surface area contributed by atoms with Crippen molar-refractivity contribution in [2.24, 2.45) is 21.7 Å². The van der Waals surface area contributed by atoms with Crippen molar-refractivity contribution in [2.75, 3.05) is 53.5 Å². The van der Waals surface area contributed by atoms with Crippen LogP contribution in [0.4, 0.5) is 9.59 Å². The van der Waals surface area contributed by atoms with Crippen molar-refractivity contribution in [3.8, 4) is 11.5 Å². The van der Waals surface area contributed by atoms with Gasteiger partial charge in [0.1, 0.15) is 83.2 Å². The number of carbonyl (C=O) groups excluding carboxylic acids is 10. The number of hydrogen-bond donors (Lipinski definition) is 10. The van der Waals surface area contributed by atoms with E-state index in [1.165, 1.54) is 46.9 Å². The van der Waals surface area contributed by atoms with E-state index in [1.54, 1.807) is 120 Å². The summed E-state index contributed by atoms with van der Waals surface area (Å²) in [6.07, 6.45) is 16.1. The summed E-state index contributed by atoms with van der Waals surface area (Å²) in [5, 5.41) is 39.7. The second kappa shape index (κ2) is 42.4. The first kappa shape index (κ1) is 99.7. The summed E-state index contributed by atoms with van der Waals surface area (Å²) in [4.78, 5) is 154. The molecule has 0 saturated carbocycles. The van der Waals surface area contributed by atoms with Crippen LogP contribution in [-0.4, -0.2) is 243 Å². The third-order valence-electron chi connectivity index (χ3n) is 24.2. The summed E-state index contributed by atoms with van der Waals surface area (Å²) in [6, 6.07) is 10.3. The van der Waals surface area contributed by atoms with Gasteiger partial charge in [-0.05, 0) is 240 Å². The lowest BCUT2D eigenvalue weighted by Crippen LogP contribution is -2.61. The number of amidine groups is 1. The van der Waals surface area contributed by atoms with Gasteiger partial charge in [0.2, 0.25) is 59.3 Å². The number of oxime groups is 1. The molecule has 3 aliphatic carbocycles. The van der Waals surface area contributed by atoms with Crippen LogP contribution in [0.5, 0.6) is 11.5 Å². The van der Waals surface area contributed by atoms with Crippen LogP contribution in [0.2, 0.25) is 0 Å². The predicted octanol–water partition coefficient (Wildman–Crippen LogP) is 9.84. The van der Waals surface area contributed by atoms with Crippen molar-refractivity contribution >= 4 is 77.1 Å². The van der Waals surface area contributed by atoms with Gasteiger partial charge in [-0.3, -0.25) is 48.2 Å². The van der Waals surface area contributed by atoms with Crippen molar-refractivity contribution < 1.29 is 81.4 Å². The van der Waals surface area contributed by atoms with E-state index in [2.05, 4.69) is 70.5 Å². The SMILES string of the molecule is CC1=CNC2CC(C(=O)NC(CC3=CC4=C(C=CCC4)CC3)CNC(C(=O)OC(C)(C)C)Cc3ccc(cc3)OCC([N+]3=C(C)C3)=CNC3CC(C(=O)NC(CC4=Cc5ccccc5CC4)C(=O)NC(C(N)=NO)Cc4ccc(cc4)OC1)N(C(=O)C(NC(=O)C(C)N(C)C(=O)OC(C)(C)C)C(C)(C)C)C3)N(C(=O)C(NC(=O)C(C)N(C)C(=O)OC(C)(C)C)C(C)(C)C)C2. The zero-order valence-electron chi connectivity index (χ0n) is 79.4. The molecule has 31 heteroatoms. The van der Waals surface area contributed by atoms with Crippen LogP contribution in [0.25, 0.3) is 6.08 Å². The molecule has 12 unspecified atom stereocenters. The van der Waals surface area contributed by atoms with E-state index >= 15 is 24.0 Å². The second-order valence-corrected chi connectivity index (χ2v) is 40.6. The molecule has 7 aliphatic heterocycles. The van der Waals surface area contributed by atoms with Gasteiger partial charge < -0.3 is 87.0 Å². The number of nitrogens with zero attached hydrogens (tertiary/aromatic N) is 6. The predicted molar refractivity (Wildman–Crippen MR) is 494 cm³/mol. The smallest absolute Gasteiger partial charge is 0.410 e. The average molecular weight is 1780 g/mol. The van der Waals surface area contributed by atoms with E-state index in [4.69, 9.17) is 29.4 Å². The van der Waals surface area contributed by atoms with E-state index in [0.717, 1.165) is 75.4 Å². The summed E-state index contributed by atoms with van der Waals surface area (Å²) >= 11 is 0. The second-order valence-electron chi connectivity index (χ2n) is 40.6. The molecule has 31 nitrogen and oxygen atoms in total. The molecule has 9 amide bonds. The van der Waals surface area contributed by atoms with Crippen LogP contribution in [0.1, 0.15) is 212 Å². The Morgan fingerprint density at radius 3 is 1.61 bits per heavy atom. The van der Waals surface area contributed by atoms with Crippen LogP contribution in [-0.2, 0) is 71.8 Å². The molecule has 0 radical (unpaired) electrons. The highest BCUT2D eigenvalue weighted by molar-refractivity contribution is 5.98. The number of likely N-dealkylation sites (tertiary alicyclic amines) is 2. The number of benzene rings is 3. The van der Waals surface area contributed by atoms with Crippen molar-refractivity contribution in [3.63, 3.8) is 0 Å². The molecule has 3 aromatic carbocycles. The van der Waals surface area contributed by atoms with Gasteiger partial charge in [-0.2, -0.15) is 4.58 Å². The molecule has 12 atom stereocenters. The maximum absolute atomic E-state index is 15.7. The van der Waals surface area contributed by atoms with Gasteiger partial charge in [0.15, 0.2) is 12.4 Å². The third kappa shape index (κ3) is 28.3. The summed E-state index contributed by atoms with van der Waals surface area (Å²) in [5.41, 5.74) is 12.5. The highest BCUT2D eigenvalue weighted by atomic mass is 16.6. The zero-order valence-corrected chi connectivity index (χ0v) is 79.4. The number of nitrogens with two attached hydrogens (primary N) is 1. The average Bonchev–Trinajstić information content (AvgIpc) is 1.67. The lowest BCUT2D eigenvalue weighted by atomic mass is 9.85. The Balaban J connectivity index is 1.00. The lowest BCUT2D eigenvalue weighted by Gasteiger charge is -2.37. The number of rotatable bonds is 15. The minimum atomic E-state index is -1.29. The highest BCUT2D eigenvalue weighted by Crippen LogP contribution is 2.36. The molecule has 0 spiro atoms. The fraction of sp³-hybridized carbons (Fsp3) is 0.571. The number of hydrogen-bond acceptors (Lipinski definition) is 20. The number of carbonyl (C=O) groups is 10. The number of amides is 9. The monoisotopic (exact) mass is 1780 g/mol. The minimum absolute atomic E-state index is 0.0160. The number of nitrogens with one attached hydrogen (secondary N) is 8. The Morgan fingerprint density at radius 1 is 0.597 bits per heavy atom. The Bertz CT molecular complexity index is 4870. The molecule has 10 aliphatic rings. The fourth-order valence-corrected chi connectivity index (χ4v) is 16.5. The Hall–Kier alpha value is -11.5. The summed E-state index contributed by atoms with van der Waals surface area (Å²) < 4.78 is 32.3. The normalized spacial score (nSPS) is 23.0. The van der Waals surface area contributed by atoms with Crippen LogP contribution in [0, 0.1) is 10.8 Å². The van der Waals surface area contributed by atoms with Crippen molar-refractivity contribution in [3.05, 3.63) is 159 Å². The highest BCUT2D eigenvalue weighted by Gasteiger charge is 2.49. The van der Waals surface area contributed by atoms with Crippen LogP contribution >= 0.6 is 0 Å². The van der Waals surface area contributed by atoms with Crippen LogP contribution in [0.3, 0.4) is 0 Å². The minimum Gasteiger partial charge on any atom is -0.489 e. The maximum atomic E-state index is 15.7. The van der Waals surface area contributed by atoms with E-state index in [9.17, 15) is 29.2 Å². The topological polar surface area (TPSA) is 388 Å². The molecule has 3 aromatic rings. The summed E-state index contributed by atoms with van der Waals surface area (Å²) in [6.45, 7) is 34.3. The number of aryl methyl sites for hydroxylation is 1. The number of fused-ring (bicyclic) bond motifs is 1. The standard InChI is InChI=1S/C98H139N15O16/c1-58-50-100-71-48-79(112(54-71)89(119)81(94(5,6)7)106-84(114)60(3)109(20)92(122)128-97(14,15)16)87(117)103-70(44-64-30-36-66-26-22-24-28-68(66)42-64)51-102-78(91(121)127-96(11,12)13)46-63-34-40-75(41-35-63)126-57-73(111-53-59(111)2)52-101-72-49-80(113(55-72)90(120)82(95(8,9)10)107-85(115)61(4)110(21)93(123)129-98(17,18)19)88(118)105-77(47-65-31-37-67-27-23-25-29-69(67)43-65)86(116)104-76(83(99)108-124)45-62-32-38-74(39-33-62)125-56-58/h22-23,25-27,29,32-35,38-43,50,52,60-61,70-72,76-82,100-102H,24,28,30-31,36-37,44-49,51,53-57H2,1-21H3,(H7-,99,103,104,105,106,107,108,114,115,116,117,118,124)/p+1. The molecular weight excluding hydrogens is 1640 g/mol. The molecule has 13 rings (SSSR count). The van der Waals surface area contributed by atoms with E-state index in [0.29, 0.717) is 42.9 Å². The Labute approximate surface area is 760 Å². The first-order valence-corrected chi connectivity index (χ1v) is 45.2. The molecule has 7 heterocycles. The van der Waals surface area contributed by atoms with Gasteiger partial charge in [-0.15, -0.1) is 0 Å². The van der Waals surface area contributed by atoms with Crippen molar-refractivity contribution in [1.29, 1.82) is 0 Å². The van der Waals surface area contributed by atoms with Gasteiger partial charge in [-0.1, -0.05) is 131 Å². The van der Waals surface area contributed by atoms with Gasteiger partial charge in [0.05, 0.1) is 12.2 Å². The number of esters is 1. The number of allylic oxidation sites excluding steroid dienone is 5. The third-order valence-corrected chi connectivity index (χ3v) is 24.2. The number of likely N-dealkylation sites (N-methyl/N-ethyl adjacent to an activating group) is 2. The van der Waals surface area contributed by atoms with Crippen LogP contribution < -0.4 is 57.7 Å². The molecular formula is C98H140N15O16+. The largest absolute Gasteiger partial charge is 0.489 e. The van der Waals surface area contributed by atoms with Crippen molar-refractivity contribution in [1.82, 2.24) is 62.1 Å². The Morgan fingerprint density at radius 2 is 1.09 bits per heavy atom. The first-order valence-electron chi connectivity index (χ1n) is 45.2. The van der Waals surface area contributed by atoms with Crippen molar-refractivity contribution in [2.45, 2.75) is 298 Å². The molecule has 0 aromatic heterocycles. The molecule has 702 valence electrons. The molecule has 2 saturated heterocycles. The lowest BCUT2D eigenvalue weighted by molar-refractivity contribution is -0.389. The summed E-state index contributed by atoms with van der Waals surface area (Å²) in [5.74, 6) is -4.01. The van der Waals surface area contributed by atoms with Crippen LogP contribution in [0.15, 0.2) is 142 Å². The quantitative estimate of drug-likeness (QED) is 0.0129.